The van der Waals surface area contributed by atoms with Crippen LogP contribution in [0.5, 0.6) is 5.75 Å². The number of rotatable bonds is 6. The Balaban J connectivity index is 1.93. The molecule has 2 aliphatic rings. The number of amides is 3. The Labute approximate surface area is 185 Å². The number of phenols is 1. The van der Waals surface area contributed by atoms with E-state index in [2.05, 4.69) is 5.32 Å². The molecule has 4 atom stereocenters. The maximum absolute atomic E-state index is 13.5. The standard InChI is InChI=1S/C21H18N4O8/c22-14(27)9-21(20(30)31)16-15(17(23-21)10-5-1-4-8-13(10)26)18(28)24(19(16)29)11-6-2-3-7-12(11)25(32)33/h1-8,15-17,23,26H,9H2,(H2,22,27)(H,30,31)/t15-,16-,17-,21+/m1/s1. The number of fused-ring (bicyclic) bond motifs is 1. The second-order valence-electron chi connectivity index (χ2n) is 7.86. The van der Waals surface area contributed by atoms with E-state index in [1.165, 1.54) is 36.4 Å². The van der Waals surface area contributed by atoms with E-state index in [4.69, 9.17) is 5.73 Å². The molecule has 5 N–H and O–H groups in total. The number of imide groups is 1. The molecule has 2 aliphatic heterocycles. The Kier molecular flexibility index (Phi) is 5.09. The summed E-state index contributed by atoms with van der Waals surface area (Å²) in [5.74, 6) is -7.80. The number of carbonyl (C=O) groups excluding carboxylic acids is 3. The third-order valence-corrected chi connectivity index (χ3v) is 6.08. The van der Waals surface area contributed by atoms with Gasteiger partial charge < -0.3 is 15.9 Å². The van der Waals surface area contributed by atoms with Crippen molar-refractivity contribution in [3.05, 3.63) is 64.2 Å². The van der Waals surface area contributed by atoms with Crippen molar-refractivity contribution < 1.29 is 34.3 Å². The molecule has 0 spiro atoms. The highest BCUT2D eigenvalue weighted by molar-refractivity contribution is 6.25. The van der Waals surface area contributed by atoms with Crippen LogP contribution in [0.2, 0.25) is 0 Å². The molecule has 12 heteroatoms. The summed E-state index contributed by atoms with van der Waals surface area (Å²) < 4.78 is 0. The zero-order valence-electron chi connectivity index (χ0n) is 16.9. The summed E-state index contributed by atoms with van der Waals surface area (Å²) in [6.07, 6.45) is -0.822. The SMILES string of the molecule is NC(=O)C[C@]1(C(=O)O)N[C@H](c2ccccc2O)[C@@H]2C(=O)N(c3ccccc3[N+](=O)[O-])C(=O)[C@@H]21. The number of para-hydroxylation sites is 3. The molecule has 0 unspecified atom stereocenters. The van der Waals surface area contributed by atoms with E-state index in [-0.39, 0.29) is 17.0 Å². The van der Waals surface area contributed by atoms with Crippen molar-refractivity contribution in [3.8, 4) is 5.75 Å². The van der Waals surface area contributed by atoms with Crippen LogP contribution in [0.3, 0.4) is 0 Å². The largest absolute Gasteiger partial charge is 0.508 e. The fraction of sp³-hybridized carbons (Fsp3) is 0.238. The number of aromatic hydroxyl groups is 1. The Bertz CT molecular complexity index is 1210. The first-order chi connectivity index (χ1) is 15.6. The molecule has 0 aromatic heterocycles. The minimum Gasteiger partial charge on any atom is -0.508 e. The minimum atomic E-state index is -2.27. The highest BCUT2D eigenvalue weighted by Gasteiger charge is 2.69. The van der Waals surface area contributed by atoms with Crippen LogP contribution in [0.25, 0.3) is 0 Å². The number of nitrogens with two attached hydrogens (primary N) is 1. The average Bonchev–Trinajstić information content (AvgIpc) is 3.22. The van der Waals surface area contributed by atoms with Crippen LogP contribution < -0.4 is 16.0 Å². The lowest BCUT2D eigenvalue weighted by Crippen LogP contribution is -2.57. The predicted molar refractivity (Wildman–Crippen MR) is 111 cm³/mol. The molecule has 2 heterocycles. The van der Waals surface area contributed by atoms with Crippen molar-refractivity contribution in [2.45, 2.75) is 18.0 Å². The highest BCUT2D eigenvalue weighted by Crippen LogP contribution is 2.52. The van der Waals surface area contributed by atoms with Crippen LogP contribution in [0.1, 0.15) is 18.0 Å². The summed E-state index contributed by atoms with van der Waals surface area (Å²) in [6, 6.07) is 9.69. The van der Waals surface area contributed by atoms with Gasteiger partial charge in [-0.05, 0) is 12.1 Å². The third kappa shape index (κ3) is 3.19. The lowest BCUT2D eigenvalue weighted by atomic mass is 9.77. The zero-order chi connectivity index (χ0) is 24.1. The summed E-state index contributed by atoms with van der Waals surface area (Å²) in [6.45, 7) is 0. The number of carboxylic acids is 1. The van der Waals surface area contributed by atoms with E-state index >= 15 is 0 Å². The van der Waals surface area contributed by atoms with Gasteiger partial charge in [0.1, 0.15) is 17.0 Å². The number of aliphatic carboxylic acids is 1. The van der Waals surface area contributed by atoms with Crippen LogP contribution >= 0.6 is 0 Å². The molecule has 2 fully saturated rings. The predicted octanol–water partition coefficient (Wildman–Crippen LogP) is 0.449. The van der Waals surface area contributed by atoms with Crippen molar-refractivity contribution in [1.82, 2.24) is 5.32 Å². The van der Waals surface area contributed by atoms with Crippen LogP contribution in [-0.4, -0.2) is 44.4 Å². The van der Waals surface area contributed by atoms with Gasteiger partial charge >= 0.3 is 5.97 Å². The van der Waals surface area contributed by atoms with Crippen molar-refractivity contribution in [2.24, 2.45) is 17.6 Å². The Hall–Kier alpha value is -4.32. The average molecular weight is 454 g/mol. The molecule has 33 heavy (non-hydrogen) atoms. The number of hydrogen-bond donors (Lipinski definition) is 4. The Morgan fingerprint density at radius 2 is 1.76 bits per heavy atom. The lowest BCUT2D eigenvalue weighted by molar-refractivity contribution is -0.384. The number of phenolic OH excluding ortho intramolecular Hbond substituents is 1. The topological polar surface area (TPSA) is 193 Å². The molecule has 12 nitrogen and oxygen atoms in total. The molecule has 3 amide bonds. The highest BCUT2D eigenvalue weighted by atomic mass is 16.6. The molecular formula is C21H18N4O8. The summed E-state index contributed by atoms with van der Waals surface area (Å²) >= 11 is 0. The first-order valence-corrected chi connectivity index (χ1v) is 9.78. The van der Waals surface area contributed by atoms with Gasteiger partial charge in [0, 0.05) is 17.7 Å². The lowest BCUT2D eigenvalue weighted by Gasteiger charge is -2.30. The monoisotopic (exact) mass is 454 g/mol. The molecule has 0 bridgehead atoms. The minimum absolute atomic E-state index is 0.130. The van der Waals surface area contributed by atoms with Crippen molar-refractivity contribution in [2.75, 3.05) is 4.90 Å². The van der Waals surface area contributed by atoms with Gasteiger partial charge in [-0.25, -0.2) is 4.90 Å². The second-order valence-corrected chi connectivity index (χ2v) is 7.86. The molecule has 0 saturated carbocycles. The van der Waals surface area contributed by atoms with Crippen LogP contribution in [0.4, 0.5) is 11.4 Å². The fourth-order valence-electron chi connectivity index (χ4n) is 4.78. The van der Waals surface area contributed by atoms with Gasteiger partial charge in [0.05, 0.1) is 23.2 Å². The van der Waals surface area contributed by atoms with Crippen molar-refractivity contribution in [1.29, 1.82) is 0 Å². The van der Waals surface area contributed by atoms with E-state index in [1.54, 1.807) is 6.07 Å². The van der Waals surface area contributed by atoms with E-state index in [9.17, 15) is 39.5 Å². The van der Waals surface area contributed by atoms with Gasteiger partial charge in [-0.15, -0.1) is 0 Å². The van der Waals surface area contributed by atoms with Crippen LogP contribution in [0.15, 0.2) is 48.5 Å². The number of nitrogens with zero attached hydrogens (tertiary/aromatic N) is 2. The fourth-order valence-corrected chi connectivity index (χ4v) is 4.78. The number of primary amides is 1. The molecule has 0 radical (unpaired) electrons. The van der Waals surface area contributed by atoms with Gasteiger partial charge in [-0.3, -0.25) is 34.6 Å². The summed E-state index contributed by atoms with van der Waals surface area (Å²) in [7, 11) is 0. The van der Waals surface area contributed by atoms with E-state index in [0.717, 1.165) is 6.07 Å². The van der Waals surface area contributed by atoms with Crippen molar-refractivity contribution in [3.63, 3.8) is 0 Å². The summed E-state index contributed by atoms with van der Waals surface area (Å²) in [4.78, 5) is 62.6. The van der Waals surface area contributed by atoms with Gasteiger partial charge in [-0.1, -0.05) is 30.3 Å². The second kappa shape index (κ2) is 7.67. The number of benzene rings is 2. The third-order valence-electron chi connectivity index (χ3n) is 6.08. The summed E-state index contributed by atoms with van der Waals surface area (Å²) in [5.41, 5.74) is 2.31. The maximum Gasteiger partial charge on any atom is 0.325 e. The number of carboxylic acid groups (broad SMARTS) is 1. The van der Waals surface area contributed by atoms with Gasteiger partial charge in [-0.2, -0.15) is 0 Å². The molecule has 2 aromatic carbocycles. The molecule has 2 aromatic rings. The van der Waals surface area contributed by atoms with Gasteiger partial charge in [0.15, 0.2) is 0 Å². The molecule has 0 aliphatic carbocycles. The first kappa shape index (κ1) is 21.9. The number of anilines is 1. The van der Waals surface area contributed by atoms with E-state index in [0.29, 0.717) is 4.90 Å². The van der Waals surface area contributed by atoms with Crippen molar-refractivity contribution >= 4 is 35.1 Å². The quantitative estimate of drug-likeness (QED) is 0.272. The van der Waals surface area contributed by atoms with Gasteiger partial charge in [0.25, 0.3) is 5.69 Å². The number of nitro groups is 1. The van der Waals surface area contributed by atoms with Gasteiger partial charge in [0.2, 0.25) is 17.7 Å². The Morgan fingerprint density at radius 3 is 2.36 bits per heavy atom. The molecule has 4 rings (SSSR count). The number of hydrogen-bond acceptors (Lipinski definition) is 8. The molecule has 2 saturated heterocycles. The zero-order valence-corrected chi connectivity index (χ0v) is 16.9. The summed E-state index contributed by atoms with van der Waals surface area (Å²) in [5, 5.41) is 34.6. The number of nitro benzene ring substituents is 1. The number of carbonyl (C=O) groups is 4. The van der Waals surface area contributed by atoms with E-state index < -0.39 is 64.1 Å². The smallest absolute Gasteiger partial charge is 0.325 e. The van der Waals surface area contributed by atoms with Crippen LogP contribution in [0, 0.1) is 22.0 Å². The van der Waals surface area contributed by atoms with Crippen LogP contribution in [-0.2, 0) is 19.2 Å². The van der Waals surface area contributed by atoms with E-state index in [1.807, 2.05) is 0 Å². The normalized spacial score (nSPS) is 26.3. The number of nitrogens with one attached hydrogen (secondary N) is 1. The first-order valence-electron chi connectivity index (χ1n) is 9.78. The maximum atomic E-state index is 13.5. The molecule has 170 valence electrons. The molecular weight excluding hydrogens is 436 g/mol. The Morgan fingerprint density at radius 1 is 1.12 bits per heavy atom.